The highest BCUT2D eigenvalue weighted by Crippen LogP contribution is 2.27. The number of hydrogen-bond donors (Lipinski definition) is 1. The number of nitrogens with one attached hydrogen (secondary N) is 1. The van der Waals surface area contributed by atoms with Crippen molar-refractivity contribution in [2.75, 3.05) is 19.6 Å². The van der Waals surface area contributed by atoms with Crippen molar-refractivity contribution in [1.29, 1.82) is 0 Å². The maximum Gasteiger partial charge on any atom is 0.251 e. The summed E-state index contributed by atoms with van der Waals surface area (Å²) in [6.45, 7) is 4.94. The summed E-state index contributed by atoms with van der Waals surface area (Å²) in [5.41, 5.74) is 1.82. The Labute approximate surface area is 176 Å². The molecule has 3 heterocycles. The number of carbonyl (C=O) groups excluding carboxylic acids is 1. The number of piperidine rings is 1. The summed E-state index contributed by atoms with van der Waals surface area (Å²) in [7, 11) is 0. The number of carbonyl (C=O) groups is 1. The van der Waals surface area contributed by atoms with Crippen molar-refractivity contribution in [1.82, 2.24) is 10.2 Å². The Bertz CT molecular complexity index is 897. The molecule has 1 saturated heterocycles. The van der Waals surface area contributed by atoms with Crippen LogP contribution in [0.1, 0.15) is 52.4 Å². The number of benzene rings is 1. The van der Waals surface area contributed by atoms with Gasteiger partial charge in [0.25, 0.3) is 5.91 Å². The van der Waals surface area contributed by atoms with Crippen molar-refractivity contribution in [3.8, 4) is 0 Å². The Morgan fingerprint density at radius 3 is 2.72 bits per heavy atom. The van der Waals surface area contributed by atoms with Gasteiger partial charge in [-0.1, -0.05) is 31.2 Å². The molecule has 29 heavy (non-hydrogen) atoms. The molecule has 4 rings (SSSR count). The van der Waals surface area contributed by atoms with Crippen LogP contribution in [0.3, 0.4) is 0 Å². The SMILES string of the molecule is CC1CCN(C(CNC(=O)c2ccccc2Cc2cccs2)c2ccco2)CC1. The van der Waals surface area contributed by atoms with Gasteiger partial charge in [-0.25, -0.2) is 0 Å². The molecule has 5 heteroatoms. The lowest BCUT2D eigenvalue weighted by atomic mass is 9.97. The van der Waals surface area contributed by atoms with Gasteiger partial charge in [0.1, 0.15) is 5.76 Å². The van der Waals surface area contributed by atoms with E-state index in [2.05, 4.69) is 34.7 Å². The summed E-state index contributed by atoms with van der Waals surface area (Å²) in [5, 5.41) is 5.25. The van der Waals surface area contributed by atoms with Gasteiger partial charge < -0.3 is 9.73 Å². The molecule has 3 aromatic rings. The average Bonchev–Trinajstić information content (AvgIpc) is 3.44. The molecule has 1 atom stereocenters. The second kappa shape index (κ2) is 9.42. The standard InChI is InChI=1S/C24H28N2O2S/c1-18-10-12-26(13-11-18)22(23-9-4-14-28-23)17-25-24(27)21-8-3-2-6-19(21)16-20-7-5-15-29-20/h2-9,14-15,18,22H,10-13,16-17H2,1H3,(H,25,27). The van der Waals surface area contributed by atoms with E-state index in [-0.39, 0.29) is 11.9 Å². The number of thiophene rings is 1. The van der Waals surface area contributed by atoms with E-state index >= 15 is 0 Å². The lowest BCUT2D eigenvalue weighted by Crippen LogP contribution is -2.42. The summed E-state index contributed by atoms with van der Waals surface area (Å²) in [6.07, 6.45) is 4.88. The van der Waals surface area contributed by atoms with Crippen molar-refractivity contribution in [2.45, 2.75) is 32.2 Å². The number of amides is 1. The fourth-order valence-electron chi connectivity index (χ4n) is 4.01. The molecule has 2 aromatic heterocycles. The molecule has 0 aliphatic carbocycles. The monoisotopic (exact) mass is 408 g/mol. The van der Waals surface area contributed by atoms with E-state index in [0.717, 1.165) is 42.3 Å². The fraction of sp³-hybridized carbons (Fsp3) is 0.375. The second-order valence-electron chi connectivity index (χ2n) is 7.87. The van der Waals surface area contributed by atoms with E-state index in [9.17, 15) is 4.79 Å². The zero-order valence-corrected chi connectivity index (χ0v) is 17.7. The number of hydrogen-bond acceptors (Lipinski definition) is 4. The molecule has 1 unspecified atom stereocenters. The summed E-state index contributed by atoms with van der Waals surface area (Å²) in [5.74, 6) is 1.67. The van der Waals surface area contributed by atoms with Crippen LogP contribution < -0.4 is 5.32 Å². The third kappa shape index (κ3) is 4.98. The van der Waals surface area contributed by atoms with E-state index in [1.54, 1.807) is 17.6 Å². The molecule has 1 amide bonds. The zero-order valence-electron chi connectivity index (χ0n) is 16.8. The minimum atomic E-state index is -0.0147. The molecule has 1 fully saturated rings. The molecule has 1 aliphatic heterocycles. The molecule has 4 nitrogen and oxygen atoms in total. The summed E-state index contributed by atoms with van der Waals surface area (Å²) in [6, 6.07) is 16.1. The first-order valence-corrected chi connectivity index (χ1v) is 11.2. The molecule has 0 spiro atoms. The van der Waals surface area contributed by atoms with Crippen molar-refractivity contribution in [3.05, 3.63) is 81.9 Å². The van der Waals surface area contributed by atoms with Gasteiger partial charge in [0.05, 0.1) is 12.3 Å². The summed E-state index contributed by atoms with van der Waals surface area (Å²) >= 11 is 1.72. The van der Waals surface area contributed by atoms with Gasteiger partial charge in [-0.15, -0.1) is 11.3 Å². The Morgan fingerprint density at radius 1 is 1.17 bits per heavy atom. The minimum Gasteiger partial charge on any atom is -0.468 e. The third-order valence-electron chi connectivity index (χ3n) is 5.79. The quantitative estimate of drug-likeness (QED) is 0.589. The highest BCUT2D eigenvalue weighted by atomic mass is 32.1. The third-order valence-corrected chi connectivity index (χ3v) is 6.67. The maximum atomic E-state index is 13.0. The summed E-state index contributed by atoms with van der Waals surface area (Å²) < 4.78 is 5.72. The number of likely N-dealkylation sites (tertiary alicyclic amines) is 1. The Kier molecular flexibility index (Phi) is 6.47. The van der Waals surface area contributed by atoms with Gasteiger partial charge in [0.15, 0.2) is 0 Å². The van der Waals surface area contributed by atoms with E-state index < -0.39 is 0 Å². The average molecular weight is 409 g/mol. The van der Waals surface area contributed by atoms with Crippen LogP contribution in [0.15, 0.2) is 64.6 Å². The normalized spacial score (nSPS) is 16.6. The Balaban J connectivity index is 1.46. The van der Waals surface area contributed by atoms with E-state index in [1.807, 2.05) is 36.4 Å². The maximum absolute atomic E-state index is 13.0. The van der Waals surface area contributed by atoms with E-state index in [0.29, 0.717) is 6.54 Å². The molecule has 1 aliphatic rings. The van der Waals surface area contributed by atoms with Gasteiger partial charge >= 0.3 is 0 Å². The lowest BCUT2D eigenvalue weighted by Gasteiger charge is -2.35. The van der Waals surface area contributed by atoms with Crippen LogP contribution in [0, 0.1) is 5.92 Å². The van der Waals surface area contributed by atoms with Crippen LogP contribution in [0.2, 0.25) is 0 Å². The van der Waals surface area contributed by atoms with Gasteiger partial charge in [0.2, 0.25) is 0 Å². The van der Waals surface area contributed by atoms with Gasteiger partial charge in [-0.2, -0.15) is 0 Å². The molecule has 152 valence electrons. The van der Waals surface area contributed by atoms with Crippen LogP contribution in [0.4, 0.5) is 0 Å². The molecule has 0 radical (unpaired) electrons. The topological polar surface area (TPSA) is 45.5 Å². The predicted molar refractivity (Wildman–Crippen MR) is 117 cm³/mol. The first-order valence-electron chi connectivity index (χ1n) is 10.4. The highest BCUT2D eigenvalue weighted by Gasteiger charge is 2.27. The molecular formula is C24H28N2O2S. The number of nitrogens with zero attached hydrogens (tertiary/aromatic N) is 1. The Morgan fingerprint density at radius 2 is 2.00 bits per heavy atom. The van der Waals surface area contributed by atoms with E-state index in [4.69, 9.17) is 4.42 Å². The van der Waals surface area contributed by atoms with Crippen molar-refractivity contribution < 1.29 is 9.21 Å². The summed E-state index contributed by atoms with van der Waals surface area (Å²) in [4.78, 5) is 16.8. The minimum absolute atomic E-state index is 0.0147. The van der Waals surface area contributed by atoms with Gasteiger partial charge in [-0.05, 0) is 67.1 Å². The fourth-order valence-corrected chi connectivity index (χ4v) is 4.74. The van der Waals surface area contributed by atoms with Crippen molar-refractivity contribution in [3.63, 3.8) is 0 Å². The number of rotatable bonds is 7. The molecule has 1 aromatic carbocycles. The van der Waals surface area contributed by atoms with Crippen LogP contribution in [-0.4, -0.2) is 30.4 Å². The molecule has 0 bridgehead atoms. The van der Waals surface area contributed by atoms with Crippen LogP contribution >= 0.6 is 11.3 Å². The van der Waals surface area contributed by atoms with Crippen LogP contribution in [0.25, 0.3) is 0 Å². The van der Waals surface area contributed by atoms with Crippen molar-refractivity contribution in [2.24, 2.45) is 5.92 Å². The lowest BCUT2D eigenvalue weighted by molar-refractivity contribution is 0.0895. The number of furan rings is 1. The van der Waals surface area contributed by atoms with Gasteiger partial charge in [0, 0.05) is 23.4 Å². The first kappa shape index (κ1) is 19.9. The van der Waals surface area contributed by atoms with Crippen molar-refractivity contribution >= 4 is 17.2 Å². The second-order valence-corrected chi connectivity index (χ2v) is 8.91. The highest BCUT2D eigenvalue weighted by molar-refractivity contribution is 7.09. The molecular weight excluding hydrogens is 380 g/mol. The van der Waals surface area contributed by atoms with Gasteiger partial charge in [-0.3, -0.25) is 9.69 Å². The Hall–Kier alpha value is -2.37. The largest absolute Gasteiger partial charge is 0.468 e. The molecule has 0 saturated carbocycles. The smallest absolute Gasteiger partial charge is 0.251 e. The van der Waals surface area contributed by atoms with Crippen LogP contribution in [0.5, 0.6) is 0 Å². The first-order chi connectivity index (χ1) is 14.2. The predicted octanol–water partition coefficient (Wildman–Crippen LogP) is 5.13. The molecule has 1 N–H and O–H groups in total. The zero-order chi connectivity index (χ0) is 20.1. The van der Waals surface area contributed by atoms with Crippen LogP contribution in [-0.2, 0) is 6.42 Å². The van der Waals surface area contributed by atoms with E-state index in [1.165, 1.54) is 17.7 Å².